The third-order valence-corrected chi connectivity index (χ3v) is 4.80. The maximum atomic E-state index is 12.7. The van der Waals surface area contributed by atoms with Crippen LogP contribution in [0.3, 0.4) is 0 Å². The number of aromatic nitrogens is 1. The number of hydrogen-bond acceptors (Lipinski definition) is 2. The Bertz CT molecular complexity index is 736. The van der Waals surface area contributed by atoms with Gasteiger partial charge >= 0.3 is 0 Å². The van der Waals surface area contributed by atoms with Crippen molar-refractivity contribution in [2.75, 3.05) is 6.54 Å². The first-order valence-corrected chi connectivity index (χ1v) is 7.90. The molecule has 2 fully saturated rings. The Morgan fingerprint density at radius 3 is 2.95 bits per heavy atom. The molecule has 2 saturated heterocycles. The van der Waals surface area contributed by atoms with Gasteiger partial charge < -0.3 is 15.2 Å². The molecule has 0 radical (unpaired) electrons. The summed E-state index contributed by atoms with van der Waals surface area (Å²) in [6, 6.07) is 7.33. The molecule has 5 heteroatoms. The highest BCUT2D eigenvalue weighted by atomic mass is 16.2. The molecule has 2 aromatic rings. The largest absolute Gasteiger partial charge is 0.361 e. The van der Waals surface area contributed by atoms with E-state index in [2.05, 4.69) is 10.3 Å². The Hall–Kier alpha value is -2.30. The van der Waals surface area contributed by atoms with E-state index in [1.165, 1.54) is 0 Å². The molecule has 2 atom stereocenters. The van der Waals surface area contributed by atoms with Gasteiger partial charge in [0.1, 0.15) is 12.1 Å². The molecule has 3 heterocycles. The van der Waals surface area contributed by atoms with Gasteiger partial charge in [0.25, 0.3) is 0 Å². The van der Waals surface area contributed by atoms with Gasteiger partial charge in [-0.05, 0) is 30.9 Å². The summed E-state index contributed by atoms with van der Waals surface area (Å²) >= 11 is 0. The normalized spacial score (nSPS) is 25.2. The van der Waals surface area contributed by atoms with E-state index < -0.39 is 6.04 Å². The lowest BCUT2D eigenvalue weighted by atomic mass is 9.94. The van der Waals surface area contributed by atoms with Crippen LogP contribution in [0.1, 0.15) is 24.8 Å². The maximum absolute atomic E-state index is 12.7. The van der Waals surface area contributed by atoms with Crippen molar-refractivity contribution in [3.8, 4) is 0 Å². The summed E-state index contributed by atoms with van der Waals surface area (Å²) in [6.45, 7) is 0.710. The Balaban J connectivity index is 1.60. The zero-order valence-electron chi connectivity index (χ0n) is 12.3. The third kappa shape index (κ3) is 2.08. The second kappa shape index (κ2) is 5.16. The maximum Gasteiger partial charge on any atom is 0.246 e. The Labute approximate surface area is 128 Å². The van der Waals surface area contributed by atoms with Gasteiger partial charge in [-0.1, -0.05) is 18.2 Å². The number of piperazine rings is 1. The van der Waals surface area contributed by atoms with E-state index in [-0.39, 0.29) is 17.9 Å². The van der Waals surface area contributed by atoms with E-state index in [0.717, 1.165) is 35.7 Å². The molecule has 0 bridgehead atoms. The van der Waals surface area contributed by atoms with E-state index in [1.54, 1.807) is 4.90 Å². The lowest BCUT2D eigenvalue weighted by Gasteiger charge is -2.41. The summed E-state index contributed by atoms with van der Waals surface area (Å²) in [7, 11) is 0. The molecule has 22 heavy (non-hydrogen) atoms. The van der Waals surface area contributed by atoms with Crippen LogP contribution in [0.5, 0.6) is 0 Å². The zero-order valence-corrected chi connectivity index (χ0v) is 12.3. The Morgan fingerprint density at radius 1 is 1.18 bits per heavy atom. The van der Waals surface area contributed by atoms with Crippen LogP contribution < -0.4 is 5.32 Å². The minimum atomic E-state index is -0.443. The predicted molar refractivity (Wildman–Crippen MR) is 83.3 cm³/mol. The van der Waals surface area contributed by atoms with Crippen LogP contribution in [0.15, 0.2) is 30.5 Å². The molecule has 5 nitrogen and oxygen atoms in total. The molecule has 114 valence electrons. The van der Waals surface area contributed by atoms with Crippen LogP contribution in [0.25, 0.3) is 10.9 Å². The first kappa shape index (κ1) is 13.4. The number of hydrogen-bond donors (Lipinski definition) is 2. The Kier molecular flexibility index (Phi) is 3.13. The van der Waals surface area contributed by atoms with Gasteiger partial charge in [-0.2, -0.15) is 0 Å². The number of aromatic amines is 1. The zero-order chi connectivity index (χ0) is 15.1. The summed E-state index contributed by atoms with van der Waals surface area (Å²) in [5.41, 5.74) is 2.13. The average Bonchev–Trinajstić information content (AvgIpc) is 2.96. The van der Waals surface area contributed by atoms with E-state index in [9.17, 15) is 9.59 Å². The molecule has 0 spiro atoms. The van der Waals surface area contributed by atoms with Gasteiger partial charge in [-0.25, -0.2) is 0 Å². The molecule has 0 aliphatic carbocycles. The summed E-state index contributed by atoms with van der Waals surface area (Å²) in [5.74, 6) is 0.0683. The van der Waals surface area contributed by atoms with Crippen molar-refractivity contribution < 1.29 is 9.59 Å². The number of nitrogens with zero attached hydrogens (tertiary/aromatic N) is 1. The number of benzene rings is 1. The third-order valence-electron chi connectivity index (χ3n) is 4.80. The SMILES string of the molecule is O=C1N[C@@H](Cc2c[nH]c3ccccc23)C(=O)N2CCCC[C@H]12. The van der Waals surface area contributed by atoms with Gasteiger partial charge in [-0.15, -0.1) is 0 Å². The first-order chi connectivity index (χ1) is 10.7. The number of fused-ring (bicyclic) bond motifs is 2. The first-order valence-electron chi connectivity index (χ1n) is 7.90. The van der Waals surface area contributed by atoms with Crippen molar-refractivity contribution in [2.45, 2.75) is 37.8 Å². The van der Waals surface area contributed by atoms with Gasteiger partial charge in [0, 0.05) is 30.1 Å². The molecule has 0 unspecified atom stereocenters. The highest BCUT2D eigenvalue weighted by molar-refractivity contribution is 5.97. The smallest absolute Gasteiger partial charge is 0.246 e. The standard InChI is InChI=1S/C17H19N3O2/c21-16-15-7-3-4-8-20(15)17(22)14(19-16)9-11-10-18-13-6-2-1-5-12(11)13/h1-2,5-6,10,14-15,18H,3-4,7-9H2,(H,19,21)/t14-,15+/m0/s1. The fourth-order valence-corrected chi connectivity index (χ4v) is 3.66. The number of para-hydroxylation sites is 1. The number of rotatable bonds is 2. The second-order valence-electron chi connectivity index (χ2n) is 6.17. The number of nitrogens with one attached hydrogen (secondary N) is 2. The van der Waals surface area contributed by atoms with Crippen LogP contribution in [0, 0.1) is 0 Å². The van der Waals surface area contributed by atoms with Crippen LogP contribution in [0.4, 0.5) is 0 Å². The Morgan fingerprint density at radius 2 is 2.05 bits per heavy atom. The summed E-state index contributed by atoms with van der Waals surface area (Å²) in [6.07, 6.45) is 5.28. The van der Waals surface area contributed by atoms with Crippen LogP contribution >= 0.6 is 0 Å². The molecule has 4 rings (SSSR count). The quantitative estimate of drug-likeness (QED) is 0.884. The van der Waals surface area contributed by atoms with Gasteiger partial charge in [-0.3, -0.25) is 9.59 Å². The van der Waals surface area contributed by atoms with Crippen LogP contribution in [-0.4, -0.2) is 40.3 Å². The molecule has 0 saturated carbocycles. The summed E-state index contributed by atoms with van der Waals surface area (Å²) < 4.78 is 0. The number of H-pyrrole nitrogens is 1. The molecule has 1 aromatic heterocycles. The van der Waals surface area contributed by atoms with Gasteiger partial charge in [0.15, 0.2) is 0 Å². The average molecular weight is 297 g/mol. The molecule has 2 amide bonds. The van der Waals surface area contributed by atoms with E-state index in [4.69, 9.17) is 0 Å². The summed E-state index contributed by atoms with van der Waals surface area (Å²) in [5, 5.41) is 4.04. The van der Waals surface area contributed by atoms with Gasteiger partial charge in [0.05, 0.1) is 0 Å². The predicted octanol–water partition coefficient (Wildman–Crippen LogP) is 1.59. The van der Waals surface area contributed by atoms with Crippen LogP contribution in [-0.2, 0) is 16.0 Å². The molecule has 1 aromatic carbocycles. The minimum absolute atomic E-state index is 0.00383. The molecule has 2 aliphatic heterocycles. The van der Waals surface area contributed by atoms with E-state index in [0.29, 0.717) is 13.0 Å². The monoisotopic (exact) mass is 297 g/mol. The highest BCUT2D eigenvalue weighted by Gasteiger charge is 2.41. The van der Waals surface area contributed by atoms with Crippen molar-refractivity contribution in [2.24, 2.45) is 0 Å². The lowest BCUT2D eigenvalue weighted by molar-refractivity contribution is -0.151. The van der Waals surface area contributed by atoms with Crippen molar-refractivity contribution in [3.63, 3.8) is 0 Å². The topological polar surface area (TPSA) is 65.2 Å². The fraction of sp³-hybridized carbons (Fsp3) is 0.412. The van der Waals surface area contributed by atoms with Crippen LogP contribution in [0.2, 0.25) is 0 Å². The van der Waals surface area contributed by atoms with Crippen molar-refractivity contribution >= 4 is 22.7 Å². The highest BCUT2D eigenvalue weighted by Crippen LogP contribution is 2.24. The fourth-order valence-electron chi connectivity index (χ4n) is 3.66. The summed E-state index contributed by atoms with van der Waals surface area (Å²) in [4.78, 5) is 29.9. The minimum Gasteiger partial charge on any atom is -0.361 e. The van der Waals surface area contributed by atoms with Crippen molar-refractivity contribution in [3.05, 3.63) is 36.0 Å². The molecule has 2 N–H and O–H groups in total. The molecule has 2 aliphatic rings. The number of piperidine rings is 1. The van der Waals surface area contributed by atoms with Gasteiger partial charge in [0.2, 0.25) is 11.8 Å². The number of carbonyl (C=O) groups excluding carboxylic acids is 2. The molecular formula is C17H19N3O2. The van der Waals surface area contributed by atoms with Crippen molar-refractivity contribution in [1.82, 2.24) is 15.2 Å². The number of carbonyl (C=O) groups is 2. The van der Waals surface area contributed by atoms with Crippen molar-refractivity contribution in [1.29, 1.82) is 0 Å². The number of amides is 2. The lowest BCUT2D eigenvalue weighted by Crippen LogP contribution is -2.64. The second-order valence-corrected chi connectivity index (χ2v) is 6.17. The molecular weight excluding hydrogens is 278 g/mol. The van der Waals surface area contributed by atoms with E-state index in [1.807, 2.05) is 30.5 Å². The van der Waals surface area contributed by atoms with E-state index >= 15 is 0 Å².